The first-order valence-corrected chi connectivity index (χ1v) is 12.0. The maximum atomic E-state index is 14.2. The number of carbonyl (C=O) groups excluding carboxylic acids is 1. The van der Waals surface area contributed by atoms with Gasteiger partial charge in [-0.1, -0.05) is 110 Å². The summed E-state index contributed by atoms with van der Waals surface area (Å²) in [5.74, 6) is 0.328. The van der Waals surface area contributed by atoms with Gasteiger partial charge in [0.2, 0.25) is 0 Å². The van der Waals surface area contributed by atoms with Gasteiger partial charge < -0.3 is 0 Å². The largest absolute Gasteiger partial charge is 0.293 e. The number of Topliss-reactive ketones (excluding diaryl/α,β-unsaturated/α-hetero) is 1. The molecule has 0 heterocycles. The summed E-state index contributed by atoms with van der Waals surface area (Å²) >= 11 is 0. The van der Waals surface area contributed by atoms with Gasteiger partial charge >= 0.3 is 0 Å². The molecule has 2 unspecified atom stereocenters. The van der Waals surface area contributed by atoms with Gasteiger partial charge in [0, 0.05) is 18.8 Å². The normalized spacial score (nSPS) is 22.0. The van der Waals surface area contributed by atoms with E-state index in [0.717, 1.165) is 64.7 Å². The third kappa shape index (κ3) is 4.04. The SMILES string of the molecule is C=Cc1ccccc1C1=CC2=C(C(=O)C1CCC1=CCCC=C1)C(c1ccccc1)=CC2C.[HH]. The maximum Gasteiger partial charge on any atom is 0.171 e. The van der Waals surface area contributed by atoms with Crippen LogP contribution in [0.25, 0.3) is 17.2 Å². The van der Waals surface area contributed by atoms with Gasteiger partial charge in [-0.15, -0.1) is 0 Å². The van der Waals surface area contributed by atoms with Crippen LogP contribution in [-0.4, -0.2) is 5.78 Å². The second-order valence-electron chi connectivity index (χ2n) is 9.17. The lowest BCUT2D eigenvalue weighted by Crippen LogP contribution is -2.24. The van der Waals surface area contributed by atoms with Crippen LogP contribution in [0.15, 0.2) is 108 Å². The van der Waals surface area contributed by atoms with Crippen molar-refractivity contribution in [2.45, 2.75) is 32.6 Å². The van der Waals surface area contributed by atoms with E-state index in [0.29, 0.717) is 0 Å². The van der Waals surface area contributed by atoms with Gasteiger partial charge in [0.15, 0.2) is 5.78 Å². The number of ketones is 1. The molecule has 1 nitrogen and oxygen atoms in total. The van der Waals surface area contributed by atoms with Crippen LogP contribution >= 0.6 is 0 Å². The number of hydrogen-bond acceptors (Lipinski definition) is 1. The van der Waals surface area contributed by atoms with Crippen LogP contribution < -0.4 is 0 Å². The Bertz CT molecular complexity index is 1250. The number of benzene rings is 2. The summed E-state index contributed by atoms with van der Waals surface area (Å²) in [5.41, 5.74) is 9.01. The van der Waals surface area contributed by atoms with E-state index in [2.05, 4.69) is 74.2 Å². The maximum absolute atomic E-state index is 14.2. The number of carbonyl (C=O) groups is 1. The minimum atomic E-state index is -0.154. The summed E-state index contributed by atoms with van der Waals surface area (Å²) in [6, 6.07) is 18.7. The van der Waals surface area contributed by atoms with Crippen LogP contribution in [-0.2, 0) is 4.79 Å². The molecule has 0 radical (unpaired) electrons. The van der Waals surface area contributed by atoms with Gasteiger partial charge in [-0.3, -0.25) is 4.79 Å². The van der Waals surface area contributed by atoms with Crippen LogP contribution in [0, 0.1) is 11.8 Å². The fourth-order valence-electron chi connectivity index (χ4n) is 5.38. The zero-order valence-corrected chi connectivity index (χ0v) is 19.3. The highest BCUT2D eigenvalue weighted by atomic mass is 16.1. The van der Waals surface area contributed by atoms with Gasteiger partial charge in [0.1, 0.15) is 0 Å². The molecule has 0 fully saturated rings. The quantitative estimate of drug-likeness (QED) is 0.449. The van der Waals surface area contributed by atoms with Gasteiger partial charge in [0.25, 0.3) is 0 Å². The van der Waals surface area contributed by atoms with E-state index in [1.165, 1.54) is 5.57 Å². The van der Waals surface area contributed by atoms with Gasteiger partial charge in [0.05, 0.1) is 0 Å². The highest BCUT2D eigenvalue weighted by molar-refractivity contribution is 6.19. The molecule has 0 saturated carbocycles. The standard InChI is InChI=1S/C32H30O.H2/c1-3-24-14-10-11-17-26(24)30-21-28-22(2)20-29(25-15-8-5-9-16-25)31(28)32(33)27(30)19-18-23-12-6-4-7-13-23;/h3,5-6,8-17,20-22,27H,1,4,7,18-19H2,2H3;1H. The molecule has 5 rings (SSSR count). The summed E-state index contributed by atoms with van der Waals surface area (Å²) in [6.07, 6.45) is 17.2. The predicted octanol–water partition coefficient (Wildman–Crippen LogP) is 8.24. The van der Waals surface area contributed by atoms with Crippen molar-refractivity contribution in [1.29, 1.82) is 0 Å². The van der Waals surface area contributed by atoms with Crippen LogP contribution in [0.1, 0.15) is 50.7 Å². The van der Waals surface area contributed by atoms with Crippen molar-refractivity contribution < 1.29 is 6.22 Å². The highest BCUT2D eigenvalue weighted by Crippen LogP contribution is 2.47. The van der Waals surface area contributed by atoms with Crippen molar-refractivity contribution in [3.63, 3.8) is 0 Å². The minimum Gasteiger partial charge on any atom is -0.293 e. The Morgan fingerprint density at radius 3 is 2.61 bits per heavy atom. The summed E-state index contributed by atoms with van der Waals surface area (Å²) < 4.78 is 0. The van der Waals surface area contributed by atoms with Crippen LogP contribution in [0.4, 0.5) is 0 Å². The topological polar surface area (TPSA) is 17.1 Å². The zero-order chi connectivity index (χ0) is 22.8. The molecule has 33 heavy (non-hydrogen) atoms. The Morgan fingerprint density at radius 1 is 1.06 bits per heavy atom. The first kappa shape index (κ1) is 21.4. The lowest BCUT2D eigenvalue weighted by Gasteiger charge is -2.28. The van der Waals surface area contributed by atoms with Crippen LogP contribution in [0.5, 0.6) is 0 Å². The monoisotopic (exact) mass is 432 g/mol. The van der Waals surface area contributed by atoms with Gasteiger partial charge in [-0.25, -0.2) is 0 Å². The molecule has 2 atom stereocenters. The van der Waals surface area contributed by atoms with Crippen molar-refractivity contribution in [2.75, 3.05) is 0 Å². The third-order valence-electron chi connectivity index (χ3n) is 7.08. The van der Waals surface area contributed by atoms with E-state index >= 15 is 0 Å². The second-order valence-corrected chi connectivity index (χ2v) is 9.17. The first-order valence-electron chi connectivity index (χ1n) is 12.0. The van der Waals surface area contributed by atoms with E-state index < -0.39 is 0 Å². The van der Waals surface area contributed by atoms with Crippen molar-refractivity contribution in [1.82, 2.24) is 0 Å². The van der Waals surface area contributed by atoms with E-state index in [4.69, 9.17) is 0 Å². The van der Waals surface area contributed by atoms with Crippen molar-refractivity contribution in [3.8, 4) is 0 Å². The Hall–Kier alpha value is -3.45. The van der Waals surface area contributed by atoms with Crippen LogP contribution in [0.3, 0.4) is 0 Å². The van der Waals surface area contributed by atoms with Crippen LogP contribution in [0.2, 0.25) is 0 Å². The Labute approximate surface area is 198 Å². The Kier molecular flexibility index (Phi) is 5.96. The molecule has 0 bridgehead atoms. The predicted molar refractivity (Wildman–Crippen MR) is 141 cm³/mol. The smallest absolute Gasteiger partial charge is 0.171 e. The molecule has 3 aliphatic carbocycles. The molecule has 2 aromatic carbocycles. The molecular formula is C32H32O. The highest BCUT2D eigenvalue weighted by Gasteiger charge is 2.38. The molecule has 0 spiro atoms. The summed E-state index contributed by atoms with van der Waals surface area (Å²) in [5, 5.41) is 0. The van der Waals surface area contributed by atoms with E-state index in [1.807, 2.05) is 30.3 Å². The fraction of sp³-hybridized carbons (Fsp3) is 0.219. The van der Waals surface area contributed by atoms with Gasteiger partial charge in [-0.05, 0) is 59.1 Å². The van der Waals surface area contributed by atoms with Crippen molar-refractivity contribution in [2.24, 2.45) is 11.8 Å². The molecule has 1 heteroatoms. The average molecular weight is 433 g/mol. The molecule has 0 N–H and O–H groups in total. The van der Waals surface area contributed by atoms with E-state index in [-0.39, 0.29) is 19.0 Å². The molecule has 0 aromatic heterocycles. The molecule has 0 saturated heterocycles. The Morgan fingerprint density at radius 2 is 1.85 bits per heavy atom. The molecule has 0 amide bonds. The second kappa shape index (κ2) is 9.19. The molecule has 3 aliphatic rings. The number of hydrogen-bond donors (Lipinski definition) is 0. The molecule has 2 aromatic rings. The zero-order valence-electron chi connectivity index (χ0n) is 19.3. The van der Waals surface area contributed by atoms with Crippen molar-refractivity contribution >= 4 is 23.0 Å². The van der Waals surface area contributed by atoms with Crippen molar-refractivity contribution in [3.05, 3.63) is 125 Å². The summed E-state index contributed by atoms with van der Waals surface area (Å²) in [6.45, 7) is 6.23. The lowest BCUT2D eigenvalue weighted by atomic mass is 9.74. The fourth-order valence-corrected chi connectivity index (χ4v) is 5.38. The van der Waals surface area contributed by atoms with Gasteiger partial charge in [-0.2, -0.15) is 0 Å². The lowest BCUT2D eigenvalue weighted by molar-refractivity contribution is -0.117. The number of allylic oxidation sites excluding steroid dienone is 10. The third-order valence-corrected chi connectivity index (χ3v) is 7.08. The number of rotatable bonds is 6. The molecule has 0 aliphatic heterocycles. The Balaban J connectivity index is 0.00000274. The van der Waals surface area contributed by atoms with E-state index in [9.17, 15) is 4.79 Å². The first-order chi connectivity index (χ1) is 16.2. The van der Waals surface area contributed by atoms with E-state index in [1.54, 1.807) is 0 Å². The average Bonchev–Trinajstić information content (AvgIpc) is 3.21. The summed E-state index contributed by atoms with van der Waals surface area (Å²) in [7, 11) is 0. The summed E-state index contributed by atoms with van der Waals surface area (Å²) in [4.78, 5) is 14.2. The minimum absolute atomic E-state index is 0. The molecule has 166 valence electrons. The molecular weight excluding hydrogens is 400 g/mol.